The fraction of sp³-hybridized carbons (Fsp3) is 0.231. The fourth-order valence-corrected chi connectivity index (χ4v) is 3.61. The van der Waals surface area contributed by atoms with Gasteiger partial charge in [-0.1, -0.05) is 6.07 Å². The highest BCUT2D eigenvalue weighted by molar-refractivity contribution is 5.99. The molecule has 0 radical (unpaired) electrons. The average Bonchev–Trinajstić information content (AvgIpc) is 3.25. The molecule has 1 aromatic heterocycles. The van der Waals surface area contributed by atoms with Crippen LogP contribution in [0.2, 0.25) is 0 Å². The Kier molecular flexibility index (Phi) is 9.20. The van der Waals surface area contributed by atoms with E-state index in [-0.39, 0.29) is 36.6 Å². The van der Waals surface area contributed by atoms with E-state index in [0.29, 0.717) is 30.7 Å². The van der Waals surface area contributed by atoms with Gasteiger partial charge in [0.2, 0.25) is 12.3 Å². The van der Waals surface area contributed by atoms with E-state index in [9.17, 15) is 27.6 Å². The van der Waals surface area contributed by atoms with E-state index >= 15 is 0 Å². The van der Waals surface area contributed by atoms with E-state index in [2.05, 4.69) is 10.6 Å². The lowest BCUT2D eigenvalue weighted by Gasteiger charge is -2.10. The van der Waals surface area contributed by atoms with Gasteiger partial charge in [0.1, 0.15) is 5.75 Å². The van der Waals surface area contributed by atoms with Gasteiger partial charge in [-0.2, -0.15) is 0 Å². The lowest BCUT2D eigenvalue weighted by molar-refractivity contribution is -0.115. The number of carbonyl (C=O) groups excluding carboxylic acids is 3. The van der Waals surface area contributed by atoms with Crippen LogP contribution < -0.4 is 20.9 Å². The molecule has 0 unspecified atom stereocenters. The lowest BCUT2D eigenvalue weighted by Crippen LogP contribution is -2.26. The standard InChI is InChI=1S/C24H19F3N2O4.C2H5NO/c25-18-9-14(10-19(26)23(18)27)13-29-7-1-3-17(24(29)32)21(30)4-2-8-33-16-6-5-15-11-22(31)28-20(15)12-16;1-3-2-4/h1,3,5-7,9-10,12H,2,4,8,11,13H2,(H,28,31);2H,1H3,(H,3,4). The molecule has 0 saturated carbocycles. The van der Waals surface area contributed by atoms with Gasteiger partial charge in [-0.3, -0.25) is 19.2 Å². The van der Waals surface area contributed by atoms with Crippen LogP contribution in [0.5, 0.6) is 5.75 Å². The molecule has 2 amide bonds. The summed E-state index contributed by atoms with van der Waals surface area (Å²) in [6, 6.07) is 9.76. The quantitative estimate of drug-likeness (QED) is 0.197. The third-order valence-corrected chi connectivity index (χ3v) is 5.36. The molecule has 37 heavy (non-hydrogen) atoms. The summed E-state index contributed by atoms with van der Waals surface area (Å²) in [4.78, 5) is 45.7. The average molecular weight is 515 g/mol. The molecule has 2 heterocycles. The summed E-state index contributed by atoms with van der Waals surface area (Å²) in [5.41, 5.74) is 0.995. The number of amides is 2. The zero-order valence-corrected chi connectivity index (χ0v) is 19.9. The number of ketones is 1. The van der Waals surface area contributed by atoms with Gasteiger partial charge in [0, 0.05) is 31.4 Å². The molecular weight excluding hydrogens is 491 g/mol. The molecule has 3 aromatic rings. The fourth-order valence-electron chi connectivity index (χ4n) is 3.61. The minimum atomic E-state index is -1.58. The predicted octanol–water partition coefficient (Wildman–Crippen LogP) is 3.21. The van der Waals surface area contributed by atoms with Gasteiger partial charge >= 0.3 is 0 Å². The van der Waals surface area contributed by atoms with Crippen LogP contribution in [-0.4, -0.2) is 36.3 Å². The molecule has 194 valence electrons. The molecule has 0 saturated heterocycles. The van der Waals surface area contributed by atoms with Gasteiger partial charge in [-0.15, -0.1) is 0 Å². The SMILES string of the molecule is CNC=O.O=C1Cc2ccc(OCCCC(=O)c3cccn(Cc4cc(F)c(F)c(F)c4)c3=O)cc2N1. The first kappa shape index (κ1) is 27.2. The van der Waals surface area contributed by atoms with Crippen LogP contribution >= 0.6 is 0 Å². The van der Waals surface area contributed by atoms with Crippen molar-refractivity contribution in [2.45, 2.75) is 25.8 Å². The molecule has 0 bridgehead atoms. The Morgan fingerprint density at radius 2 is 1.84 bits per heavy atom. The first-order valence-corrected chi connectivity index (χ1v) is 11.3. The van der Waals surface area contributed by atoms with E-state index in [1.165, 1.54) is 18.3 Å². The van der Waals surface area contributed by atoms with Crippen molar-refractivity contribution in [1.29, 1.82) is 0 Å². The highest BCUT2D eigenvalue weighted by Gasteiger charge is 2.18. The van der Waals surface area contributed by atoms with Crippen LogP contribution in [0.3, 0.4) is 0 Å². The molecule has 0 spiro atoms. The Labute approximate surface area is 210 Å². The van der Waals surface area contributed by atoms with E-state index in [0.717, 1.165) is 22.3 Å². The van der Waals surface area contributed by atoms with Crippen molar-refractivity contribution in [3.05, 3.63) is 93.2 Å². The molecule has 1 aliphatic heterocycles. The number of rotatable bonds is 9. The topological polar surface area (TPSA) is 106 Å². The number of pyridine rings is 1. The van der Waals surface area contributed by atoms with Gasteiger partial charge in [0.25, 0.3) is 5.56 Å². The number of anilines is 1. The summed E-state index contributed by atoms with van der Waals surface area (Å²) in [6.07, 6.45) is 2.75. The smallest absolute Gasteiger partial charge is 0.261 e. The Bertz CT molecular complexity index is 1350. The second-order valence-electron chi connectivity index (χ2n) is 8.05. The van der Waals surface area contributed by atoms with E-state index in [4.69, 9.17) is 9.53 Å². The molecule has 0 aliphatic carbocycles. The Morgan fingerprint density at radius 1 is 1.14 bits per heavy atom. The Balaban J connectivity index is 0.000000886. The van der Waals surface area contributed by atoms with Crippen LogP contribution in [0.1, 0.15) is 34.3 Å². The molecule has 0 fully saturated rings. The molecule has 2 aromatic carbocycles. The molecule has 4 rings (SSSR count). The number of nitrogens with one attached hydrogen (secondary N) is 2. The second kappa shape index (κ2) is 12.5. The maximum absolute atomic E-state index is 13.4. The number of fused-ring (bicyclic) bond motifs is 1. The number of Topliss-reactive ketones (excluding diaryl/α,β-unsaturated/α-hetero) is 1. The number of ether oxygens (including phenoxy) is 1. The van der Waals surface area contributed by atoms with Gasteiger partial charge < -0.3 is 19.9 Å². The zero-order chi connectivity index (χ0) is 26.9. The first-order valence-electron chi connectivity index (χ1n) is 11.3. The molecular formula is C26H24F3N3O5. The number of halogens is 3. The van der Waals surface area contributed by atoms with Crippen molar-refractivity contribution < 1.29 is 32.3 Å². The molecule has 8 nitrogen and oxygen atoms in total. The summed E-state index contributed by atoms with van der Waals surface area (Å²) in [6.45, 7) is 0.0136. The summed E-state index contributed by atoms with van der Waals surface area (Å²) >= 11 is 0. The normalized spacial score (nSPS) is 11.6. The van der Waals surface area contributed by atoms with Crippen molar-refractivity contribution in [2.24, 2.45) is 0 Å². The van der Waals surface area contributed by atoms with E-state index < -0.39 is 28.8 Å². The van der Waals surface area contributed by atoms with E-state index in [1.807, 2.05) is 0 Å². The van der Waals surface area contributed by atoms with Crippen molar-refractivity contribution in [2.75, 3.05) is 19.0 Å². The molecule has 2 N–H and O–H groups in total. The van der Waals surface area contributed by atoms with Crippen molar-refractivity contribution in [3.63, 3.8) is 0 Å². The van der Waals surface area contributed by atoms with Crippen molar-refractivity contribution in [3.8, 4) is 5.75 Å². The lowest BCUT2D eigenvalue weighted by atomic mass is 10.1. The maximum Gasteiger partial charge on any atom is 0.261 e. The third-order valence-electron chi connectivity index (χ3n) is 5.36. The van der Waals surface area contributed by atoms with Crippen LogP contribution in [0.4, 0.5) is 18.9 Å². The van der Waals surface area contributed by atoms with Crippen LogP contribution in [0.15, 0.2) is 53.5 Å². The van der Waals surface area contributed by atoms with Gasteiger partial charge in [0.05, 0.1) is 25.1 Å². The second-order valence-corrected chi connectivity index (χ2v) is 8.05. The summed E-state index contributed by atoms with van der Waals surface area (Å²) in [5.74, 6) is -4.19. The van der Waals surface area contributed by atoms with E-state index in [1.54, 1.807) is 25.2 Å². The predicted molar refractivity (Wildman–Crippen MR) is 129 cm³/mol. The third kappa shape index (κ3) is 7.06. The number of aromatic nitrogens is 1. The van der Waals surface area contributed by atoms with Crippen LogP contribution in [0.25, 0.3) is 0 Å². The molecule has 1 aliphatic rings. The minimum Gasteiger partial charge on any atom is -0.494 e. The summed E-state index contributed by atoms with van der Waals surface area (Å²) in [5, 5.41) is 4.99. The number of hydrogen-bond acceptors (Lipinski definition) is 5. The minimum absolute atomic E-state index is 0.0528. The van der Waals surface area contributed by atoms with Gasteiger partial charge in [-0.25, -0.2) is 13.2 Å². The van der Waals surface area contributed by atoms with Crippen LogP contribution in [-0.2, 0) is 22.6 Å². The summed E-state index contributed by atoms with van der Waals surface area (Å²) in [7, 11) is 1.56. The van der Waals surface area contributed by atoms with Gasteiger partial charge in [0.15, 0.2) is 23.2 Å². The molecule has 11 heteroatoms. The highest BCUT2D eigenvalue weighted by Crippen LogP contribution is 2.27. The largest absolute Gasteiger partial charge is 0.494 e. The van der Waals surface area contributed by atoms with Crippen LogP contribution in [0, 0.1) is 17.5 Å². The monoisotopic (exact) mass is 515 g/mol. The maximum atomic E-state index is 13.4. The number of benzene rings is 2. The van der Waals surface area contributed by atoms with Crippen molar-refractivity contribution in [1.82, 2.24) is 9.88 Å². The number of nitrogens with zero attached hydrogens (tertiary/aromatic N) is 1. The highest BCUT2D eigenvalue weighted by atomic mass is 19.2. The Hall–Kier alpha value is -4.41. The first-order chi connectivity index (χ1) is 17.7. The number of hydrogen-bond donors (Lipinski definition) is 2. The summed E-state index contributed by atoms with van der Waals surface area (Å²) < 4.78 is 46.8. The van der Waals surface area contributed by atoms with Crippen molar-refractivity contribution >= 4 is 23.8 Å². The Morgan fingerprint density at radius 3 is 2.51 bits per heavy atom. The zero-order valence-electron chi connectivity index (χ0n) is 19.9. The van der Waals surface area contributed by atoms with Gasteiger partial charge in [-0.05, 0) is 47.9 Å². The number of carbonyl (C=O) groups is 3. The molecule has 0 atom stereocenters.